The minimum atomic E-state index is -4.64. The fourth-order valence-corrected chi connectivity index (χ4v) is 10.2. The Hall–Kier alpha value is -2.67. The predicted octanol–water partition coefficient (Wildman–Crippen LogP) is 4.97. The Morgan fingerprint density at radius 1 is 0.905 bits per heavy atom. The molecule has 5 atom stereocenters. The number of rotatable bonds is 11. The second kappa shape index (κ2) is 12.9. The van der Waals surface area contributed by atoms with Crippen molar-refractivity contribution < 1.29 is 45.0 Å². The van der Waals surface area contributed by atoms with Gasteiger partial charge in [0.25, 0.3) is 0 Å². The minimum absolute atomic E-state index is 0.148. The highest BCUT2D eigenvalue weighted by atomic mass is 32.3. The van der Waals surface area contributed by atoms with Crippen LogP contribution in [0.2, 0.25) is 0 Å². The Labute approximate surface area is 245 Å². The number of hydrogen-bond donors (Lipinski definition) is 1. The normalized spacial score (nSPS) is 24.1. The van der Waals surface area contributed by atoms with E-state index in [1.54, 1.807) is 0 Å². The van der Waals surface area contributed by atoms with Crippen LogP contribution in [0.15, 0.2) is 70.0 Å². The van der Waals surface area contributed by atoms with Gasteiger partial charge in [-0.1, -0.05) is 27.2 Å². The molecule has 0 unspecified atom stereocenters. The molecule has 12 heteroatoms. The summed E-state index contributed by atoms with van der Waals surface area (Å²) in [6, 6.07) is 7.35. The number of esters is 1. The molecule has 0 aromatic heterocycles. The molecule has 0 bridgehead atoms. The third-order valence-electron chi connectivity index (χ3n) is 8.06. The molecule has 8 nitrogen and oxygen atoms in total. The van der Waals surface area contributed by atoms with E-state index >= 15 is 0 Å². The molecule has 230 valence electrons. The summed E-state index contributed by atoms with van der Waals surface area (Å²) < 4.78 is 90.5. The molecule has 2 aromatic carbocycles. The van der Waals surface area contributed by atoms with Gasteiger partial charge in [0.1, 0.15) is 11.6 Å². The zero-order valence-corrected chi connectivity index (χ0v) is 25.3. The maximum Gasteiger partial charge on any atom is 0.339 e. The van der Waals surface area contributed by atoms with Crippen LogP contribution >= 0.6 is 0 Å². The Bertz CT molecular complexity index is 1430. The first kappa shape index (κ1) is 32.2. The van der Waals surface area contributed by atoms with Crippen molar-refractivity contribution in [2.24, 2.45) is 17.8 Å². The van der Waals surface area contributed by atoms with E-state index in [0.29, 0.717) is 11.8 Å². The zero-order valence-electron chi connectivity index (χ0n) is 23.7. The zero-order chi connectivity index (χ0) is 30.8. The van der Waals surface area contributed by atoms with Gasteiger partial charge in [-0.25, -0.2) is 30.4 Å². The number of sulfone groups is 2. The van der Waals surface area contributed by atoms with Crippen molar-refractivity contribution in [1.82, 2.24) is 0 Å². The van der Waals surface area contributed by atoms with Gasteiger partial charge in [0.2, 0.25) is 6.29 Å². The third-order valence-corrected chi connectivity index (χ3v) is 13.3. The Morgan fingerprint density at radius 3 is 1.93 bits per heavy atom. The number of cyclic esters (lactones) is 1. The van der Waals surface area contributed by atoms with Crippen molar-refractivity contribution in [2.75, 3.05) is 0 Å². The van der Waals surface area contributed by atoms with E-state index in [1.807, 2.05) is 0 Å². The lowest BCUT2D eigenvalue weighted by molar-refractivity contribution is -0.179. The maximum absolute atomic E-state index is 13.5. The molecule has 1 N–H and O–H groups in total. The highest BCUT2D eigenvalue weighted by molar-refractivity contribution is 8.09. The van der Waals surface area contributed by atoms with E-state index in [1.165, 1.54) is 6.08 Å². The van der Waals surface area contributed by atoms with Gasteiger partial charge < -0.3 is 14.6 Å². The van der Waals surface area contributed by atoms with Gasteiger partial charge >= 0.3 is 5.97 Å². The summed E-state index contributed by atoms with van der Waals surface area (Å²) >= 11 is 0. The molecule has 0 spiro atoms. The Kier molecular flexibility index (Phi) is 9.91. The molecule has 0 amide bonds. The highest BCUT2D eigenvalue weighted by Gasteiger charge is 2.42. The molecule has 1 saturated carbocycles. The predicted molar refractivity (Wildman–Crippen MR) is 150 cm³/mol. The van der Waals surface area contributed by atoms with Gasteiger partial charge in [-0.05, 0) is 98.0 Å². The monoisotopic (exact) mass is 626 g/mol. The van der Waals surface area contributed by atoms with Crippen molar-refractivity contribution in [3.8, 4) is 0 Å². The Balaban J connectivity index is 1.56. The van der Waals surface area contributed by atoms with Crippen molar-refractivity contribution in [1.29, 1.82) is 0 Å². The Morgan fingerprint density at radius 2 is 1.43 bits per heavy atom. The third kappa shape index (κ3) is 7.10. The van der Waals surface area contributed by atoms with Crippen LogP contribution in [0.5, 0.6) is 0 Å². The number of carbonyl (C=O) groups is 1. The van der Waals surface area contributed by atoms with Gasteiger partial charge in [-0.3, -0.25) is 0 Å². The van der Waals surface area contributed by atoms with Gasteiger partial charge in [0, 0.05) is 0 Å². The SMILES string of the molecule is CC(C)[C@@H]1CC[C@@H](C)C[C@H]1O[C@H]1C=C([C@H](O)CCC(S(=O)(=O)c2ccc(F)cc2)S(=O)(=O)c2ccc(F)cc2)C(=O)O1. The average Bonchev–Trinajstić information content (AvgIpc) is 3.28. The fraction of sp³-hybridized carbons (Fsp3) is 0.500. The number of halogens is 2. The van der Waals surface area contributed by atoms with E-state index in [9.17, 15) is 35.5 Å². The molecule has 1 aliphatic heterocycles. The van der Waals surface area contributed by atoms with Crippen LogP contribution in [0.3, 0.4) is 0 Å². The van der Waals surface area contributed by atoms with Gasteiger partial charge in [0.05, 0.1) is 27.6 Å². The van der Waals surface area contributed by atoms with Crippen LogP contribution in [0.4, 0.5) is 8.78 Å². The molecule has 0 saturated heterocycles. The standard InChI is InChI=1S/C30H36F2O8S2/c1-18(2)24-13-4-19(3)16-27(24)39-28-17-25(30(34)40-28)26(33)14-15-29(41(35,36)22-9-5-20(31)6-10-22)42(37,38)23-11-7-21(32)8-12-23/h5-12,17-19,24,26-29,33H,4,13-16H2,1-3H3/t19-,24+,26-,27-,28-/m1/s1. The van der Waals surface area contributed by atoms with Crippen LogP contribution in [0.25, 0.3) is 0 Å². The molecular weight excluding hydrogens is 590 g/mol. The average molecular weight is 627 g/mol. The van der Waals surface area contributed by atoms with Crippen LogP contribution in [0.1, 0.15) is 52.9 Å². The molecule has 0 radical (unpaired) electrons. The van der Waals surface area contributed by atoms with Crippen molar-refractivity contribution in [2.45, 2.75) is 85.7 Å². The lowest BCUT2D eigenvalue weighted by Crippen LogP contribution is -2.36. The minimum Gasteiger partial charge on any atom is -0.428 e. The number of ether oxygens (including phenoxy) is 2. The smallest absolute Gasteiger partial charge is 0.339 e. The van der Waals surface area contributed by atoms with Crippen LogP contribution < -0.4 is 0 Å². The van der Waals surface area contributed by atoms with Crippen molar-refractivity contribution in [3.63, 3.8) is 0 Å². The summed E-state index contributed by atoms with van der Waals surface area (Å²) in [4.78, 5) is 11.8. The van der Waals surface area contributed by atoms with E-state index < -0.39 is 76.9 Å². The van der Waals surface area contributed by atoms with E-state index in [2.05, 4.69) is 20.8 Å². The first-order valence-electron chi connectivity index (χ1n) is 13.9. The first-order valence-corrected chi connectivity index (χ1v) is 17.0. The summed E-state index contributed by atoms with van der Waals surface area (Å²) in [7, 11) is -9.27. The van der Waals surface area contributed by atoms with Crippen LogP contribution in [-0.2, 0) is 33.9 Å². The van der Waals surface area contributed by atoms with Crippen molar-refractivity contribution in [3.05, 3.63) is 71.8 Å². The van der Waals surface area contributed by atoms with Gasteiger partial charge in [-0.2, -0.15) is 0 Å². The van der Waals surface area contributed by atoms with Gasteiger partial charge in [-0.15, -0.1) is 0 Å². The number of aliphatic hydroxyl groups excluding tert-OH is 1. The summed E-state index contributed by atoms with van der Waals surface area (Å²) in [5.41, 5.74) is -0.151. The molecule has 2 aromatic rings. The quantitative estimate of drug-likeness (QED) is 0.274. The van der Waals surface area contributed by atoms with Gasteiger partial charge in [0.15, 0.2) is 24.3 Å². The van der Waals surface area contributed by atoms with Crippen LogP contribution in [0, 0.1) is 29.4 Å². The lowest BCUT2D eigenvalue weighted by atomic mass is 9.75. The molecule has 42 heavy (non-hydrogen) atoms. The molecule has 4 rings (SSSR count). The number of aliphatic hydroxyl groups is 1. The molecule has 1 fully saturated rings. The summed E-state index contributed by atoms with van der Waals surface area (Å²) in [5, 5.41) is 10.9. The van der Waals surface area contributed by atoms with E-state index in [4.69, 9.17) is 9.47 Å². The van der Waals surface area contributed by atoms with E-state index in [0.717, 1.165) is 67.8 Å². The first-order chi connectivity index (χ1) is 19.7. The lowest BCUT2D eigenvalue weighted by Gasteiger charge is -2.37. The largest absolute Gasteiger partial charge is 0.428 e. The topological polar surface area (TPSA) is 124 Å². The maximum atomic E-state index is 13.5. The summed E-state index contributed by atoms with van der Waals surface area (Å²) in [5.74, 6) is -1.19. The van der Waals surface area contributed by atoms with E-state index in [-0.39, 0.29) is 17.6 Å². The second-order valence-corrected chi connectivity index (χ2v) is 16.0. The summed E-state index contributed by atoms with van der Waals surface area (Å²) in [6.07, 6.45) is 0.429. The van der Waals surface area contributed by atoms with Crippen LogP contribution in [-0.4, -0.2) is 51.0 Å². The van der Waals surface area contributed by atoms with Crippen molar-refractivity contribution >= 4 is 25.6 Å². The molecule has 2 aliphatic rings. The fourth-order valence-electron chi connectivity index (χ4n) is 5.66. The molecule has 1 heterocycles. The molecular formula is C30H36F2O8S2. The number of carbonyl (C=O) groups excluding carboxylic acids is 1. The number of hydrogen-bond acceptors (Lipinski definition) is 8. The highest BCUT2D eigenvalue weighted by Crippen LogP contribution is 2.37. The summed E-state index contributed by atoms with van der Waals surface area (Å²) in [6.45, 7) is 6.35. The molecule has 1 aliphatic carbocycles. The second-order valence-electron chi connectivity index (χ2n) is 11.4. The number of benzene rings is 2.